The van der Waals surface area contributed by atoms with Crippen molar-refractivity contribution in [1.29, 1.82) is 0 Å². The SMILES string of the molecule is O=S(=O)(O)C(Cl)CS(F)(F)(F)(F)c1ccc(Br)cn1. The van der Waals surface area contributed by atoms with Crippen LogP contribution in [-0.4, -0.2) is 28.4 Å². The summed E-state index contributed by atoms with van der Waals surface area (Å²) >= 11 is 7.73. The van der Waals surface area contributed by atoms with E-state index in [1.54, 1.807) is 0 Å². The molecule has 0 saturated carbocycles. The Morgan fingerprint density at radius 1 is 1.37 bits per heavy atom. The van der Waals surface area contributed by atoms with Crippen LogP contribution in [0.5, 0.6) is 0 Å². The van der Waals surface area contributed by atoms with Gasteiger partial charge < -0.3 is 0 Å². The second-order valence-electron chi connectivity index (χ2n) is 3.65. The van der Waals surface area contributed by atoms with Crippen molar-refractivity contribution in [2.45, 2.75) is 9.74 Å². The highest BCUT2D eigenvalue weighted by Gasteiger charge is 2.67. The third-order valence-corrected chi connectivity index (χ3v) is 6.63. The van der Waals surface area contributed by atoms with Gasteiger partial charge in [-0.25, -0.2) is 4.98 Å². The van der Waals surface area contributed by atoms with Crippen LogP contribution in [-0.2, 0) is 10.1 Å². The van der Waals surface area contributed by atoms with Gasteiger partial charge in [-0.15, -0.1) is 27.1 Å². The number of hydrogen-bond acceptors (Lipinski definition) is 3. The number of pyridine rings is 1. The van der Waals surface area contributed by atoms with Gasteiger partial charge in [-0.1, -0.05) is 0 Å². The molecule has 4 nitrogen and oxygen atoms in total. The van der Waals surface area contributed by atoms with Crippen molar-refractivity contribution in [1.82, 2.24) is 4.98 Å². The molecule has 0 aliphatic carbocycles. The molecule has 112 valence electrons. The predicted molar refractivity (Wildman–Crippen MR) is 68.3 cm³/mol. The molecule has 1 heterocycles. The van der Waals surface area contributed by atoms with Gasteiger partial charge in [-0.3, -0.25) is 4.55 Å². The fourth-order valence-corrected chi connectivity index (χ4v) is 4.92. The number of aromatic nitrogens is 1. The Morgan fingerprint density at radius 3 is 2.26 bits per heavy atom. The fourth-order valence-electron chi connectivity index (χ4n) is 1.07. The number of hydrogen-bond donors (Lipinski definition) is 1. The lowest BCUT2D eigenvalue weighted by molar-refractivity contribution is 0.432. The van der Waals surface area contributed by atoms with E-state index in [4.69, 9.17) is 16.2 Å². The average molecular weight is 409 g/mol. The van der Waals surface area contributed by atoms with E-state index in [9.17, 15) is 24.0 Å². The normalized spacial score (nSPS) is 18.5. The van der Waals surface area contributed by atoms with Gasteiger partial charge in [0.15, 0.2) is 9.74 Å². The van der Waals surface area contributed by atoms with Crippen molar-refractivity contribution in [2.24, 2.45) is 0 Å². The summed E-state index contributed by atoms with van der Waals surface area (Å²) in [7, 11) is -14.2. The number of alkyl halides is 1. The van der Waals surface area contributed by atoms with Crippen LogP contribution in [0.4, 0.5) is 15.5 Å². The first-order chi connectivity index (χ1) is 8.14. The van der Waals surface area contributed by atoms with Crippen LogP contribution in [0.2, 0.25) is 0 Å². The lowest BCUT2D eigenvalue weighted by atomic mass is 10.5. The Kier molecular flexibility index (Phi) is 3.75. The van der Waals surface area contributed by atoms with Gasteiger partial charge in [-0.05, 0) is 28.1 Å². The molecular formula is C7H7BrClF4NO3S2. The predicted octanol–water partition coefficient (Wildman–Crippen LogP) is 4.07. The molecule has 1 rings (SSSR count). The summed E-state index contributed by atoms with van der Waals surface area (Å²) in [4.78, 5) is 2.90. The third-order valence-electron chi connectivity index (χ3n) is 1.95. The second-order valence-corrected chi connectivity index (χ2v) is 10.2. The van der Waals surface area contributed by atoms with E-state index < -0.39 is 35.4 Å². The maximum Gasteiger partial charge on any atom is 0.283 e. The first-order valence-corrected chi connectivity index (χ1v) is 9.31. The summed E-state index contributed by atoms with van der Waals surface area (Å²) in [5.74, 6) is -2.53. The lowest BCUT2D eigenvalue weighted by Crippen LogP contribution is -2.30. The molecule has 1 atom stereocenters. The van der Waals surface area contributed by atoms with Crippen molar-refractivity contribution < 1.29 is 28.5 Å². The van der Waals surface area contributed by atoms with Gasteiger partial charge in [-0.2, -0.15) is 8.42 Å². The van der Waals surface area contributed by atoms with E-state index >= 15 is 0 Å². The summed E-state index contributed by atoms with van der Waals surface area (Å²) in [6.07, 6.45) is 0.713. The van der Waals surface area contributed by atoms with Crippen LogP contribution < -0.4 is 0 Å². The minimum atomic E-state index is -9.00. The van der Waals surface area contributed by atoms with Crippen LogP contribution in [0.1, 0.15) is 0 Å². The molecule has 12 heteroatoms. The van der Waals surface area contributed by atoms with Crippen LogP contribution in [0.25, 0.3) is 0 Å². The van der Waals surface area contributed by atoms with Crippen LogP contribution >= 0.6 is 37.4 Å². The molecule has 0 radical (unpaired) electrons. The Hall–Kier alpha value is -0.100. The topological polar surface area (TPSA) is 67.3 Å². The summed E-state index contributed by atoms with van der Waals surface area (Å²) in [6, 6.07) is 1.26. The van der Waals surface area contributed by atoms with Gasteiger partial charge in [0.1, 0.15) is 0 Å². The van der Waals surface area contributed by atoms with E-state index in [0.29, 0.717) is 12.3 Å². The van der Waals surface area contributed by atoms with Crippen molar-refractivity contribution >= 4 is 47.5 Å². The largest absolute Gasteiger partial charge is 0.284 e. The minimum Gasteiger partial charge on any atom is -0.284 e. The minimum absolute atomic E-state index is 0.182. The van der Waals surface area contributed by atoms with Crippen molar-refractivity contribution in [3.63, 3.8) is 0 Å². The maximum atomic E-state index is 13.7. The standard InChI is InChI=1S/C7H7BrClF4NO3S2/c8-5-1-2-7(14-3-5)19(10,11,12,13)4-6(9)18(15,16)17/h1-3,6H,4H2,(H,15,16,17). The van der Waals surface area contributed by atoms with Gasteiger partial charge in [0.05, 0.1) is 5.75 Å². The Bertz CT molecular complexity index is 602. The molecule has 0 bridgehead atoms. The molecule has 1 aromatic heterocycles. The highest BCUT2D eigenvalue weighted by atomic mass is 79.9. The Balaban J connectivity index is 3.34. The molecule has 0 aliphatic rings. The zero-order chi connectivity index (χ0) is 15.2. The number of rotatable bonds is 4. The van der Waals surface area contributed by atoms with Gasteiger partial charge >= 0.3 is 0 Å². The van der Waals surface area contributed by atoms with Crippen molar-refractivity contribution in [2.75, 3.05) is 5.75 Å². The smallest absolute Gasteiger partial charge is 0.283 e. The Labute approximate surface area is 119 Å². The maximum absolute atomic E-state index is 13.7. The average Bonchev–Trinajstić information content (AvgIpc) is 2.13. The molecule has 0 fully saturated rings. The number of nitrogens with zero attached hydrogens (tertiary/aromatic N) is 1. The molecule has 1 N–H and O–H groups in total. The molecule has 0 amide bonds. The highest BCUT2D eigenvalue weighted by Crippen LogP contribution is 3.00. The van der Waals surface area contributed by atoms with Gasteiger partial charge in [0.25, 0.3) is 10.1 Å². The Morgan fingerprint density at radius 2 is 1.89 bits per heavy atom. The van der Waals surface area contributed by atoms with E-state index in [0.717, 1.165) is 6.07 Å². The van der Waals surface area contributed by atoms with Crippen LogP contribution in [0.15, 0.2) is 27.8 Å². The first-order valence-electron chi connectivity index (χ1n) is 4.36. The van der Waals surface area contributed by atoms with E-state index in [1.165, 1.54) is 0 Å². The lowest BCUT2D eigenvalue weighted by Gasteiger charge is -2.49. The van der Waals surface area contributed by atoms with Gasteiger partial charge in [0, 0.05) is 10.7 Å². The fraction of sp³-hybridized carbons (Fsp3) is 0.286. The molecule has 19 heavy (non-hydrogen) atoms. The number of halogens is 6. The quantitative estimate of drug-likeness (QED) is 0.463. The van der Waals surface area contributed by atoms with E-state index in [2.05, 4.69) is 20.9 Å². The van der Waals surface area contributed by atoms with Crippen molar-refractivity contribution in [3.05, 3.63) is 22.8 Å². The molecular weight excluding hydrogens is 402 g/mol. The zero-order valence-corrected chi connectivity index (χ0v) is 12.8. The van der Waals surface area contributed by atoms with E-state index in [1.807, 2.05) is 0 Å². The molecule has 0 aliphatic heterocycles. The van der Waals surface area contributed by atoms with Crippen LogP contribution in [0.3, 0.4) is 0 Å². The summed E-state index contributed by atoms with van der Waals surface area (Å²) in [5.41, 5.74) is 0. The summed E-state index contributed by atoms with van der Waals surface area (Å²) < 4.78 is 81.6. The van der Waals surface area contributed by atoms with Crippen molar-refractivity contribution in [3.8, 4) is 0 Å². The van der Waals surface area contributed by atoms with Gasteiger partial charge in [0.2, 0.25) is 9.84 Å². The molecule has 0 spiro atoms. The first kappa shape index (κ1) is 17.0. The molecule has 1 unspecified atom stereocenters. The van der Waals surface area contributed by atoms with E-state index in [-0.39, 0.29) is 4.47 Å². The highest BCUT2D eigenvalue weighted by molar-refractivity contribution is 9.10. The third kappa shape index (κ3) is 4.18. The second kappa shape index (κ2) is 4.20. The molecule has 1 aromatic rings. The summed E-state index contributed by atoms with van der Waals surface area (Å²) in [6.45, 7) is 0. The zero-order valence-electron chi connectivity index (χ0n) is 8.81. The molecule has 0 aromatic carbocycles. The summed E-state index contributed by atoms with van der Waals surface area (Å²) in [5, 5.41) is -1.86. The molecule has 0 saturated heterocycles. The van der Waals surface area contributed by atoms with Crippen LogP contribution in [0, 0.1) is 0 Å². The monoisotopic (exact) mass is 407 g/mol.